The molecule has 19 heavy (non-hydrogen) atoms. The number of aliphatic hydroxyl groups is 1. The second kappa shape index (κ2) is 6.17. The van der Waals surface area contributed by atoms with Gasteiger partial charge in [0.2, 0.25) is 0 Å². The summed E-state index contributed by atoms with van der Waals surface area (Å²) < 4.78 is 0. The highest BCUT2D eigenvalue weighted by Gasteiger charge is 2.13. The van der Waals surface area contributed by atoms with E-state index in [1.165, 1.54) is 4.88 Å². The SMILES string of the molecule is CC(C)N(Cc1cccs1)c1ccc([C@H](C)O)nc1. The molecule has 0 amide bonds. The van der Waals surface area contributed by atoms with Gasteiger partial charge in [-0.3, -0.25) is 4.98 Å². The third-order valence-electron chi connectivity index (χ3n) is 3.06. The Bertz CT molecular complexity index is 491. The Labute approximate surface area is 118 Å². The average molecular weight is 276 g/mol. The van der Waals surface area contributed by atoms with Gasteiger partial charge in [0.1, 0.15) is 0 Å². The van der Waals surface area contributed by atoms with Gasteiger partial charge in [-0.05, 0) is 44.4 Å². The van der Waals surface area contributed by atoms with Crippen LogP contribution in [0.5, 0.6) is 0 Å². The Hall–Kier alpha value is -1.39. The third-order valence-corrected chi connectivity index (χ3v) is 3.92. The molecule has 0 radical (unpaired) electrons. The van der Waals surface area contributed by atoms with E-state index in [9.17, 15) is 5.11 Å². The zero-order valence-electron chi connectivity index (χ0n) is 11.6. The number of nitrogens with zero attached hydrogens (tertiary/aromatic N) is 2. The summed E-state index contributed by atoms with van der Waals surface area (Å²) in [5, 5.41) is 11.6. The zero-order valence-corrected chi connectivity index (χ0v) is 12.4. The van der Waals surface area contributed by atoms with Crippen molar-refractivity contribution in [2.75, 3.05) is 4.90 Å². The maximum Gasteiger partial charge on any atom is 0.0931 e. The van der Waals surface area contributed by atoms with Crippen LogP contribution >= 0.6 is 11.3 Å². The second-order valence-electron chi connectivity index (χ2n) is 4.92. The first kappa shape index (κ1) is 14.0. The van der Waals surface area contributed by atoms with Crippen LogP contribution in [0.1, 0.15) is 37.4 Å². The fourth-order valence-electron chi connectivity index (χ4n) is 1.96. The largest absolute Gasteiger partial charge is 0.387 e. The van der Waals surface area contributed by atoms with E-state index in [1.807, 2.05) is 18.3 Å². The van der Waals surface area contributed by atoms with E-state index in [2.05, 4.69) is 41.2 Å². The Morgan fingerprint density at radius 2 is 2.05 bits per heavy atom. The van der Waals surface area contributed by atoms with E-state index in [1.54, 1.807) is 18.3 Å². The molecule has 0 spiro atoms. The molecule has 0 unspecified atom stereocenters. The molecule has 2 aromatic heterocycles. The number of rotatable bonds is 5. The first-order chi connectivity index (χ1) is 9.08. The minimum absolute atomic E-state index is 0.404. The number of hydrogen-bond donors (Lipinski definition) is 1. The number of hydrogen-bond acceptors (Lipinski definition) is 4. The van der Waals surface area contributed by atoms with Crippen molar-refractivity contribution in [3.63, 3.8) is 0 Å². The normalized spacial score (nSPS) is 12.7. The van der Waals surface area contributed by atoms with E-state index in [4.69, 9.17) is 0 Å². The lowest BCUT2D eigenvalue weighted by atomic mass is 10.2. The van der Waals surface area contributed by atoms with Crippen molar-refractivity contribution in [1.82, 2.24) is 4.98 Å². The Morgan fingerprint density at radius 3 is 2.53 bits per heavy atom. The molecule has 2 heterocycles. The fraction of sp³-hybridized carbons (Fsp3) is 0.400. The van der Waals surface area contributed by atoms with Crippen molar-refractivity contribution in [2.24, 2.45) is 0 Å². The molecule has 2 aromatic rings. The summed E-state index contributed by atoms with van der Waals surface area (Å²) in [6.45, 7) is 6.98. The molecule has 0 bridgehead atoms. The van der Waals surface area contributed by atoms with Crippen molar-refractivity contribution >= 4 is 17.0 Å². The Morgan fingerprint density at radius 1 is 1.26 bits per heavy atom. The van der Waals surface area contributed by atoms with Gasteiger partial charge in [0.25, 0.3) is 0 Å². The van der Waals surface area contributed by atoms with Crippen LogP contribution in [-0.4, -0.2) is 16.1 Å². The predicted octanol–water partition coefficient (Wildman–Crippen LogP) is 3.61. The van der Waals surface area contributed by atoms with E-state index >= 15 is 0 Å². The molecule has 0 aliphatic rings. The summed E-state index contributed by atoms with van der Waals surface area (Å²) in [6.07, 6.45) is 1.33. The topological polar surface area (TPSA) is 36.4 Å². The maximum absolute atomic E-state index is 9.50. The molecule has 0 saturated heterocycles. The van der Waals surface area contributed by atoms with Gasteiger partial charge in [-0.1, -0.05) is 6.07 Å². The molecule has 3 nitrogen and oxygen atoms in total. The molecule has 1 atom stereocenters. The van der Waals surface area contributed by atoms with Crippen molar-refractivity contribution in [3.05, 3.63) is 46.4 Å². The standard InChI is InChI=1S/C15H20N2OS/c1-11(2)17(10-14-5-4-8-19-14)13-6-7-15(12(3)18)16-9-13/h4-9,11-12,18H,10H2,1-3H3/t12-/m0/s1. The van der Waals surface area contributed by atoms with Gasteiger partial charge in [-0.15, -0.1) is 11.3 Å². The van der Waals surface area contributed by atoms with Crippen LogP contribution in [0, 0.1) is 0 Å². The van der Waals surface area contributed by atoms with E-state index in [0.29, 0.717) is 11.7 Å². The predicted molar refractivity (Wildman–Crippen MR) is 80.5 cm³/mol. The highest BCUT2D eigenvalue weighted by atomic mass is 32.1. The van der Waals surface area contributed by atoms with E-state index in [-0.39, 0.29) is 0 Å². The summed E-state index contributed by atoms with van der Waals surface area (Å²) in [5.41, 5.74) is 1.80. The lowest BCUT2D eigenvalue weighted by molar-refractivity contribution is 0.194. The van der Waals surface area contributed by atoms with Crippen LogP contribution in [0.4, 0.5) is 5.69 Å². The Balaban J connectivity index is 2.19. The van der Waals surface area contributed by atoms with Crippen molar-refractivity contribution in [2.45, 2.75) is 39.5 Å². The second-order valence-corrected chi connectivity index (χ2v) is 5.95. The van der Waals surface area contributed by atoms with Gasteiger partial charge in [0.15, 0.2) is 0 Å². The maximum atomic E-state index is 9.50. The van der Waals surface area contributed by atoms with Crippen molar-refractivity contribution in [3.8, 4) is 0 Å². The van der Waals surface area contributed by atoms with Gasteiger partial charge in [-0.25, -0.2) is 0 Å². The van der Waals surface area contributed by atoms with Crippen LogP contribution in [-0.2, 0) is 6.54 Å². The molecule has 4 heteroatoms. The molecule has 0 aromatic carbocycles. The Kier molecular flexibility index (Phi) is 4.56. The molecule has 1 N–H and O–H groups in total. The van der Waals surface area contributed by atoms with Gasteiger partial charge >= 0.3 is 0 Å². The highest BCUT2D eigenvalue weighted by Crippen LogP contribution is 2.22. The van der Waals surface area contributed by atoms with Crippen LogP contribution in [0.15, 0.2) is 35.8 Å². The monoisotopic (exact) mass is 276 g/mol. The average Bonchev–Trinajstić information content (AvgIpc) is 2.88. The van der Waals surface area contributed by atoms with Crippen molar-refractivity contribution < 1.29 is 5.11 Å². The summed E-state index contributed by atoms with van der Waals surface area (Å²) in [4.78, 5) is 7.97. The minimum atomic E-state index is -0.515. The van der Waals surface area contributed by atoms with Gasteiger partial charge in [0.05, 0.1) is 30.2 Å². The highest BCUT2D eigenvalue weighted by molar-refractivity contribution is 7.09. The third kappa shape index (κ3) is 3.55. The summed E-state index contributed by atoms with van der Waals surface area (Å²) in [7, 11) is 0. The fourth-order valence-corrected chi connectivity index (χ4v) is 2.66. The first-order valence-corrected chi connectivity index (χ1v) is 7.39. The quantitative estimate of drug-likeness (QED) is 0.906. The summed E-state index contributed by atoms with van der Waals surface area (Å²) in [5.74, 6) is 0. The summed E-state index contributed by atoms with van der Waals surface area (Å²) >= 11 is 1.77. The summed E-state index contributed by atoms with van der Waals surface area (Å²) in [6, 6.07) is 8.55. The van der Waals surface area contributed by atoms with E-state index in [0.717, 1.165) is 12.2 Å². The zero-order chi connectivity index (χ0) is 13.8. The van der Waals surface area contributed by atoms with Gasteiger partial charge in [-0.2, -0.15) is 0 Å². The number of thiophene rings is 1. The molecule has 0 aliphatic carbocycles. The van der Waals surface area contributed by atoms with E-state index < -0.39 is 6.10 Å². The number of anilines is 1. The van der Waals surface area contributed by atoms with Crippen LogP contribution in [0.3, 0.4) is 0 Å². The smallest absolute Gasteiger partial charge is 0.0931 e. The van der Waals surface area contributed by atoms with Crippen LogP contribution in [0.2, 0.25) is 0 Å². The van der Waals surface area contributed by atoms with Crippen LogP contribution in [0.25, 0.3) is 0 Å². The number of pyridine rings is 1. The molecule has 0 fully saturated rings. The number of aliphatic hydroxyl groups excluding tert-OH is 1. The lowest BCUT2D eigenvalue weighted by Crippen LogP contribution is -2.29. The minimum Gasteiger partial charge on any atom is -0.387 e. The van der Waals surface area contributed by atoms with Gasteiger partial charge in [0, 0.05) is 10.9 Å². The molecular weight excluding hydrogens is 256 g/mol. The van der Waals surface area contributed by atoms with Crippen LogP contribution < -0.4 is 4.90 Å². The first-order valence-electron chi connectivity index (χ1n) is 6.51. The molecule has 0 saturated carbocycles. The number of aromatic nitrogens is 1. The molecule has 2 rings (SSSR count). The lowest BCUT2D eigenvalue weighted by Gasteiger charge is -2.28. The molecular formula is C15H20N2OS. The van der Waals surface area contributed by atoms with Crippen molar-refractivity contribution in [1.29, 1.82) is 0 Å². The van der Waals surface area contributed by atoms with Gasteiger partial charge < -0.3 is 10.0 Å². The molecule has 102 valence electrons. The molecule has 0 aliphatic heterocycles.